The highest BCUT2D eigenvalue weighted by Crippen LogP contribution is 2.16. The fourth-order valence-corrected chi connectivity index (χ4v) is 2.39. The zero-order valence-electron chi connectivity index (χ0n) is 13.7. The van der Waals surface area contributed by atoms with Gasteiger partial charge in [-0.05, 0) is 49.5 Å². The summed E-state index contributed by atoms with van der Waals surface area (Å²) in [5.41, 5.74) is 1.47. The van der Waals surface area contributed by atoms with Crippen LogP contribution in [0.25, 0.3) is 0 Å². The molecule has 0 aliphatic carbocycles. The number of unbranched alkanes of at least 4 members (excludes halogenated alkanes) is 1. The summed E-state index contributed by atoms with van der Waals surface area (Å²) in [5.74, 6) is 0.744. The highest BCUT2D eigenvalue weighted by molar-refractivity contribution is 6.59. The van der Waals surface area contributed by atoms with Gasteiger partial charge in [0.2, 0.25) is 0 Å². The second-order valence-corrected chi connectivity index (χ2v) is 5.52. The summed E-state index contributed by atoms with van der Waals surface area (Å²) < 4.78 is 5.26. The van der Waals surface area contributed by atoms with Crippen LogP contribution in [0.4, 0.5) is 0 Å². The molecule has 0 radical (unpaired) electrons. The molecule has 0 aliphatic rings. The molecule has 0 saturated carbocycles. The minimum atomic E-state index is -1.45. The van der Waals surface area contributed by atoms with Crippen molar-refractivity contribution in [2.24, 2.45) is 0 Å². The Bertz CT molecular complexity index is 426. The SMILES string of the molecule is CCCCN(Cc1cc(OC)ccc1B(O)O)C(C)CC. The van der Waals surface area contributed by atoms with Crippen LogP contribution in [-0.4, -0.2) is 41.8 Å². The standard InChI is InChI=1S/C16H28BNO3/c1-5-7-10-18(13(3)6-2)12-14-11-15(21-4)8-9-16(14)17(19)20/h8-9,11,13,19-20H,5-7,10,12H2,1-4H3. The number of methoxy groups -OCH3 is 1. The molecule has 1 unspecified atom stereocenters. The summed E-state index contributed by atoms with van der Waals surface area (Å²) in [6.07, 6.45) is 3.37. The van der Waals surface area contributed by atoms with Crippen LogP contribution in [0.3, 0.4) is 0 Å². The summed E-state index contributed by atoms with van der Waals surface area (Å²) in [5, 5.41) is 19.1. The Hall–Kier alpha value is -1.04. The fourth-order valence-electron chi connectivity index (χ4n) is 2.39. The molecule has 118 valence electrons. The van der Waals surface area contributed by atoms with Gasteiger partial charge in [-0.3, -0.25) is 4.90 Å². The predicted octanol–water partition coefficient (Wildman–Crippen LogP) is 1.78. The van der Waals surface area contributed by atoms with E-state index < -0.39 is 7.12 Å². The van der Waals surface area contributed by atoms with Crippen LogP contribution in [0.1, 0.15) is 45.6 Å². The molecule has 0 heterocycles. The number of hydrogen-bond donors (Lipinski definition) is 2. The molecule has 0 saturated heterocycles. The van der Waals surface area contributed by atoms with Crippen LogP contribution < -0.4 is 10.2 Å². The van der Waals surface area contributed by atoms with Crippen molar-refractivity contribution >= 4 is 12.6 Å². The number of ether oxygens (including phenoxy) is 1. The van der Waals surface area contributed by atoms with E-state index in [1.54, 1.807) is 19.2 Å². The maximum atomic E-state index is 9.55. The van der Waals surface area contributed by atoms with Crippen LogP contribution in [0.2, 0.25) is 0 Å². The Morgan fingerprint density at radius 1 is 1.29 bits per heavy atom. The van der Waals surface area contributed by atoms with E-state index in [0.717, 1.165) is 37.1 Å². The second-order valence-electron chi connectivity index (χ2n) is 5.52. The largest absolute Gasteiger partial charge is 0.497 e. The Morgan fingerprint density at radius 3 is 2.52 bits per heavy atom. The molecular formula is C16H28BNO3. The lowest BCUT2D eigenvalue weighted by Crippen LogP contribution is -2.38. The third-order valence-corrected chi connectivity index (χ3v) is 4.01. The van der Waals surface area contributed by atoms with Gasteiger partial charge in [0.05, 0.1) is 7.11 Å². The third-order valence-electron chi connectivity index (χ3n) is 4.01. The molecule has 0 aromatic heterocycles. The van der Waals surface area contributed by atoms with Gasteiger partial charge in [0.25, 0.3) is 0 Å². The van der Waals surface area contributed by atoms with E-state index >= 15 is 0 Å². The number of rotatable bonds is 9. The molecule has 0 amide bonds. The first kappa shape index (κ1) is 18.0. The maximum Gasteiger partial charge on any atom is 0.488 e. The van der Waals surface area contributed by atoms with Gasteiger partial charge in [-0.2, -0.15) is 0 Å². The zero-order chi connectivity index (χ0) is 15.8. The Labute approximate surface area is 128 Å². The molecule has 2 N–H and O–H groups in total. The lowest BCUT2D eigenvalue weighted by Gasteiger charge is -2.29. The number of nitrogens with zero attached hydrogens (tertiary/aromatic N) is 1. The first-order valence-corrected chi connectivity index (χ1v) is 7.80. The zero-order valence-corrected chi connectivity index (χ0v) is 13.7. The van der Waals surface area contributed by atoms with Gasteiger partial charge in [-0.15, -0.1) is 0 Å². The van der Waals surface area contributed by atoms with E-state index in [1.807, 2.05) is 6.07 Å². The lowest BCUT2D eigenvalue weighted by atomic mass is 9.76. The molecule has 21 heavy (non-hydrogen) atoms. The summed E-state index contributed by atoms with van der Waals surface area (Å²) in [6, 6.07) is 5.85. The van der Waals surface area contributed by atoms with Crippen LogP contribution in [-0.2, 0) is 6.54 Å². The summed E-state index contributed by atoms with van der Waals surface area (Å²) >= 11 is 0. The molecule has 1 atom stereocenters. The minimum absolute atomic E-state index is 0.464. The van der Waals surface area contributed by atoms with E-state index in [9.17, 15) is 10.0 Å². The molecule has 5 heteroatoms. The molecule has 0 aliphatic heterocycles. The van der Waals surface area contributed by atoms with Gasteiger partial charge in [-0.1, -0.05) is 26.3 Å². The summed E-state index contributed by atoms with van der Waals surface area (Å²) in [6.45, 7) is 8.30. The average Bonchev–Trinajstić information content (AvgIpc) is 2.49. The molecule has 1 aromatic carbocycles. The van der Waals surface area contributed by atoms with Gasteiger partial charge >= 0.3 is 7.12 Å². The minimum Gasteiger partial charge on any atom is -0.497 e. The van der Waals surface area contributed by atoms with E-state index in [2.05, 4.69) is 25.7 Å². The molecule has 1 aromatic rings. The molecule has 4 nitrogen and oxygen atoms in total. The van der Waals surface area contributed by atoms with Crippen molar-refractivity contribution in [2.75, 3.05) is 13.7 Å². The molecular weight excluding hydrogens is 265 g/mol. The van der Waals surface area contributed by atoms with Crippen LogP contribution >= 0.6 is 0 Å². The summed E-state index contributed by atoms with van der Waals surface area (Å²) in [4.78, 5) is 2.39. The van der Waals surface area contributed by atoms with Crippen molar-refractivity contribution < 1.29 is 14.8 Å². The van der Waals surface area contributed by atoms with Crippen LogP contribution in [0.5, 0.6) is 5.75 Å². The quantitative estimate of drug-likeness (QED) is 0.681. The van der Waals surface area contributed by atoms with Crippen LogP contribution in [0, 0.1) is 0 Å². The van der Waals surface area contributed by atoms with E-state index in [4.69, 9.17) is 4.74 Å². The first-order chi connectivity index (χ1) is 10.0. The van der Waals surface area contributed by atoms with E-state index in [-0.39, 0.29) is 0 Å². The van der Waals surface area contributed by atoms with Gasteiger partial charge in [-0.25, -0.2) is 0 Å². The van der Waals surface area contributed by atoms with Gasteiger partial charge in [0, 0.05) is 12.6 Å². The fraction of sp³-hybridized carbons (Fsp3) is 0.625. The van der Waals surface area contributed by atoms with Crippen molar-refractivity contribution in [2.45, 2.75) is 52.6 Å². The average molecular weight is 293 g/mol. The van der Waals surface area contributed by atoms with Crippen molar-refractivity contribution in [1.82, 2.24) is 4.90 Å². The summed E-state index contributed by atoms with van der Waals surface area (Å²) in [7, 11) is 0.174. The van der Waals surface area contributed by atoms with Crippen LogP contribution in [0.15, 0.2) is 18.2 Å². The van der Waals surface area contributed by atoms with Crippen molar-refractivity contribution in [3.63, 3.8) is 0 Å². The van der Waals surface area contributed by atoms with Crippen molar-refractivity contribution in [1.29, 1.82) is 0 Å². The van der Waals surface area contributed by atoms with Gasteiger partial charge < -0.3 is 14.8 Å². The maximum absolute atomic E-state index is 9.55. The number of benzene rings is 1. The molecule has 0 spiro atoms. The lowest BCUT2D eigenvalue weighted by molar-refractivity contribution is 0.192. The Morgan fingerprint density at radius 2 is 2.00 bits per heavy atom. The molecule has 0 bridgehead atoms. The topological polar surface area (TPSA) is 52.9 Å². The Balaban J connectivity index is 2.99. The predicted molar refractivity (Wildman–Crippen MR) is 87.9 cm³/mol. The van der Waals surface area contributed by atoms with E-state index in [1.165, 1.54) is 0 Å². The normalized spacial score (nSPS) is 12.5. The van der Waals surface area contributed by atoms with Crippen molar-refractivity contribution in [3.05, 3.63) is 23.8 Å². The monoisotopic (exact) mass is 293 g/mol. The van der Waals surface area contributed by atoms with Gasteiger partial charge in [0.1, 0.15) is 5.75 Å². The van der Waals surface area contributed by atoms with Crippen molar-refractivity contribution in [3.8, 4) is 5.75 Å². The highest BCUT2D eigenvalue weighted by atomic mass is 16.5. The molecule has 1 rings (SSSR count). The van der Waals surface area contributed by atoms with Gasteiger partial charge in [0.15, 0.2) is 0 Å². The second kappa shape index (κ2) is 9.08. The molecule has 0 fully saturated rings. The first-order valence-electron chi connectivity index (χ1n) is 7.80. The smallest absolute Gasteiger partial charge is 0.488 e. The Kier molecular flexibility index (Phi) is 7.79. The third kappa shape index (κ3) is 5.34. The number of hydrogen-bond acceptors (Lipinski definition) is 4. The van der Waals surface area contributed by atoms with E-state index in [0.29, 0.717) is 18.0 Å². The highest BCUT2D eigenvalue weighted by Gasteiger charge is 2.20.